The van der Waals surface area contributed by atoms with Gasteiger partial charge in [0.1, 0.15) is 19.4 Å². The molecule has 4 heterocycles. The molecule has 2 aliphatic heterocycles. The lowest BCUT2D eigenvalue weighted by atomic mass is 10.1. The van der Waals surface area contributed by atoms with Crippen LogP contribution in [0.2, 0.25) is 0 Å². The summed E-state index contributed by atoms with van der Waals surface area (Å²) in [6, 6.07) is 31.7. The molecule has 0 saturated heterocycles. The average Bonchev–Trinajstić information content (AvgIpc) is 3.59. The van der Waals surface area contributed by atoms with Gasteiger partial charge in [0.15, 0.2) is 23.1 Å². The van der Waals surface area contributed by atoms with Gasteiger partial charge in [-0.25, -0.2) is 24.5 Å². The summed E-state index contributed by atoms with van der Waals surface area (Å²) in [6.07, 6.45) is -5.37. The second-order valence-corrected chi connectivity index (χ2v) is 17.3. The largest absolute Gasteiger partial charge is 0.871 e. The molecule has 2 aliphatic rings. The number of rotatable bonds is 15. The molecule has 2 amide bonds. The maximum atomic E-state index is 14.3. The summed E-state index contributed by atoms with van der Waals surface area (Å²) >= 11 is 0. The summed E-state index contributed by atoms with van der Waals surface area (Å²) in [6.45, 7) is 3.61. The van der Waals surface area contributed by atoms with Crippen LogP contribution < -0.4 is 51.5 Å². The fourth-order valence-electron chi connectivity index (χ4n) is 7.37. The number of nitrogens with zero attached hydrogens (tertiary/aromatic N) is 3. The molecule has 21 nitrogen and oxygen atoms in total. The molecule has 0 spiro atoms. The first kappa shape index (κ1) is 57.4. The highest BCUT2D eigenvalue weighted by Gasteiger charge is 2.47. The van der Waals surface area contributed by atoms with Crippen molar-refractivity contribution in [2.24, 2.45) is 0 Å². The normalized spacial score (nSPS) is 13.2. The number of aromatic carboxylic acids is 1. The van der Waals surface area contributed by atoms with E-state index in [1.54, 1.807) is 86.6 Å². The lowest BCUT2D eigenvalue weighted by Crippen LogP contribution is -2.43. The minimum Gasteiger partial charge on any atom is -0.871 e. The molecule has 0 saturated carbocycles. The number of fused-ring (bicyclic) bond motifs is 3. The van der Waals surface area contributed by atoms with Crippen molar-refractivity contribution in [1.82, 2.24) is 15.0 Å². The van der Waals surface area contributed by atoms with Gasteiger partial charge in [0.2, 0.25) is 17.6 Å². The van der Waals surface area contributed by atoms with Crippen molar-refractivity contribution in [3.8, 4) is 17.2 Å². The van der Waals surface area contributed by atoms with E-state index in [0.717, 1.165) is 28.9 Å². The Bertz CT molecular complexity index is 3560. The van der Waals surface area contributed by atoms with Gasteiger partial charge in [0, 0.05) is 29.9 Å². The minimum atomic E-state index is -3.98. The van der Waals surface area contributed by atoms with Crippen LogP contribution >= 0.6 is 0 Å². The maximum Gasteiger partial charge on any atom is 0.482 e. The van der Waals surface area contributed by atoms with Crippen LogP contribution in [0.25, 0.3) is 10.8 Å². The predicted octanol–water partition coefficient (Wildman–Crippen LogP) is 9.99. The number of H-pyrrole nitrogens is 1. The zero-order valence-electron chi connectivity index (χ0n) is 42.7. The molecule has 8 aromatic rings. The molecule has 2 aromatic heterocycles. The number of hydrogen-bond donors (Lipinski definition) is 7. The number of esters is 2. The number of anilines is 10. The topological polar surface area (TPSA) is 291 Å². The molecular weight excluding hydrogens is 1090 g/mol. The number of hydrogen-bond acceptors (Lipinski definition) is 17. The monoisotopic (exact) mass is 1130 g/mol. The van der Waals surface area contributed by atoms with E-state index in [0.29, 0.717) is 16.8 Å². The molecule has 0 bridgehead atoms. The van der Waals surface area contributed by atoms with Gasteiger partial charge in [-0.2, -0.15) is 26.9 Å². The number of carboxylic acids is 1. The van der Waals surface area contributed by atoms with Crippen molar-refractivity contribution >= 4 is 98.2 Å². The predicted molar refractivity (Wildman–Crippen MR) is 281 cm³/mol. The smallest absolute Gasteiger partial charge is 0.482 e. The van der Waals surface area contributed by atoms with E-state index >= 15 is 0 Å². The van der Waals surface area contributed by atoms with Crippen LogP contribution in [-0.4, -0.2) is 62.0 Å². The summed E-state index contributed by atoms with van der Waals surface area (Å²) in [4.78, 5) is 71.0. The SMILES string of the molecule is CCC(=O)OCc1cccc(Nc2nc(Nc3ccc4c(c3)NC(=O)C(F)(F)O4)c(F)c[nH+]2)c1.CCC(=O)OCc1cccc(Nc2ncc(F)c(Nc3ccc4c(c3)NC(=O)C(F)(F)O4)n2)c1.O=C(O)c1ccc2ccccc2c1[O-]. The second kappa shape index (κ2) is 24.9. The third-order valence-corrected chi connectivity index (χ3v) is 11.4. The van der Waals surface area contributed by atoms with Crippen LogP contribution in [0.1, 0.15) is 48.2 Å². The highest BCUT2D eigenvalue weighted by molar-refractivity contribution is 6.01. The minimum absolute atomic E-state index is 0.00256. The summed E-state index contributed by atoms with van der Waals surface area (Å²) in [7, 11) is 0. The first-order chi connectivity index (χ1) is 39.2. The van der Waals surface area contributed by atoms with E-state index in [-0.39, 0.29) is 101 Å². The van der Waals surface area contributed by atoms with Gasteiger partial charge in [-0.1, -0.05) is 74.2 Å². The van der Waals surface area contributed by atoms with E-state index in [9.17, 15) is 55.4 Å². The van der Waals surface area contributed by atoms with Crippen molar-refractivity contribution in [2.45, 2.75) is 52.1 Å². The molecule has 82 heavy (non-hydrogen) atoms. The number of aromatic nitrogens is 4. The number of carbonyl (C=O) groups is 5. The fourth-order valence-corrected chi connectivity index (χ4v) is 7.37. The Labute approximate surface area is 459 Å². The number of aromatic amines is 1. The van der Waals surface area contributed by atoms with Gasteiger partial charge in [-0.3, -0.25) is 19.2 Å². The van der Waals surface area contributed by atoms with E-state index < -0.39 is 47.4 Å². The van der Waals surface area contributed by atoms with Crippen molar-refractivity contribution in [3.05, 3.63) is 162 Å². The Morgan fingerprint density at radius 3 is 1.72 bits per heavy atom. The number of amides is 2. The molecular formula is C55H44F6N10O11. The summed E-state index contributed by atoms with van der Waals surface area (Å²) < 4.78 is 101. The van der Waals surface area contributed by atoms with E-state index in [2.05, 4.69) is 50.7 Å². The molecule has 27 heteroatoms. The Hall–Kier alpha value is -10.7. The number of carboxylic acid groups (broad SMARTS) is 1. The lowest BCUT2D eigenvalue weighted by Gasteiger charge is -2.25. The average molecular weight is 1140 g/mol. The molecule has 10 rings (SSSR count). The Kier molecular flexibility index (Phi) is 17.5. The van der Waals surface area contributed by atoms with Crippen molar-refractivity contribution < 1.29 is 84.5 Å². The van der Waals surface area contributed by atoms with Crippen LogP contribution in [0.4, 0.5) is 84.0 Å². The summed E-state index contributed by atoms with van der Waals surface area (Å²) in [5.41, 5.74) is 3.03. The van der Waals surface area contributed by atoms with E-state index in [1.807, 2.05) is 16.7 Å². The first-order valence-electron chi connectivity index (χ1n) is 24.3. The van der Waals surface area contributed by atoms with Crippen LogP contribution in [0.5, 0.6) is 17.2 Å². The number of benzene rings is 6. The van der Waals surface area contributed by atoms with Crippen molar-refractivity contribution in [1.29, 1.82) is 0 Å². The second-order valence-electron chi connectivity index (χ2n) is 17.3. The number of halogens is 6. The van der Waals surface area contributed by atoms with Gasteiger partial charge < -0.3 is 55.7 Å². The first-order valence-corrected chi connectivity index (χ1v) is 24.3. The zero-order valence-corrected chi connectivity index (χ0v) is 42.7. The quantitative estimate of drug-likeness (QED) is 0.0371. The van der Waals surface area contributed by atoms with E-state index in [4.69, 9.17) is 14.6 Å². The van der Waals surface area contributed by atoms with Gasteiger partial charge in [0.05, 0.1) is 28.8 Å². The van der Waals surface area contributed by atoms with E-state index in [1.165, 1.54) is 42.5 Å². The van der Waals surface area contributed by atoms with Gasteiger partial charge in [-0.15, -0.1) is 0 Å². The number of nitrogens with one attached hydrogen (secondary N) is 7. The standard InChI is InChI=1S/2C22H18F3N5O4.C11H8O3/c2*1-2-18(31)33-11-12-4-3-5-13(8-12)28-21-26-10-15(23)19(30-21)27-14-6-7-17-16(9-14)29-20(32)22(24,25)34-17;12-10-8-4-2-1-3-7(8)5-6-9(10)11(13)14/h2*3-10H,2,11H2,1H3,(H,29,32)(H2,26,27,28,30);1-6,12H,(H,13,14). The zero-order chi connectivity index (χ0) is 58.7. The number of carbonyl (C=O) groups excluding carboxylic acids is 4. The van der Waals surface area contributed by atoms with Crippen LogP contribution in [0.3, 0.4) is 0 Å². The van der Waals surface area contributed by atoms with Crippen molar-refractivity contribution in [2.75, 3.05) is 31.9 Å². The molecule has 0 aliphatic carbocycles. The Balaban J connectivity index is 0.000000174. The fraction of sp³-hybridized carbons (Fsp3) is 0.145. The number of alkyl halides is 4. The third kappa shape index (κ3) is 14.5. The van der Waals surface area contributed by atoms with Crippen LogP contribution in [0, 0.1) is 11.6 Å². The highest BCUT2D eigenvalue weighted by atomic mass is 19.3. The van der Waals surface area contributed by atoms with Gasteiger partial charge >= 0.3 is 47.9 Å². The molecule has 0 unspecified atom stereocenters. The molecule has 0 atom stereocenters. The van der Waals surface area contributed by atoms with Crippen LogP contribution in [0.15, 0.2) is 134 Å². The Morgan fingerprint density at radius 1 is 0.646 bits per heavy atom. The molecule has 0 radical (unpaired) electrons. The van der Waals surface area contributed by atoms with Crippen LogP contribution in [-0.2, 0) is 41.9 Å². The molecule has 6 aromatic carbocycles. The Morgan fingerprint density at radius 2 is 1.17 bits per heavy atom. The highest BCUT2D eigenvalue weighted by Crippen LogP contribution is 2.39. The third-order valence-electron chi connectivity index (χ3n) is 11.4. The molecule has 0 fully saturated rings. The molecule has 422 valence electrons. The lowest BCUT2D eigenvalue weighted by molar-refractivity contribution is -0.367. The maximum absolute atomic E-state index is 14.3. The van der Waals surface area contributed by atoms with Gasteiger partial charge in [-0.05, 0) is 93.6 Å². The summed E-state index contributed by atoms with van der Waals surface area (Å²) in [5.74, 6) is -7.48. The summed E-state index contributed by atoms with van der Waals surface area (Å²) in [5, 5.41) is 37.0. The molecule has 8 N–H and O–H groups in total. The van der Waals surface area contributed by atoms with Gasteiger partial charge in [0.25, 0.3) is 0 Å². The van der Waals surface area contributed by atoms with Crippen molar-refractivity contribution in [3.63, 3.8) is 0 Å². The number of ether oxygens (including phenoxy) is 4.